The van der Waals surface area contributed by atoms with Crippen LogP contribution in [0.5, 0.6) is 0 Å². The number of fused-ring (bicyclic) bond motifs is 2. The van der Waals surface area contributed by atoms with Crippen LogP contribution in [0.3, 0.4) is 0 Å². The summed E-state index contributed by atoms with van der Waals surface area (Å²) in [6.07, 6.45) is 0. The molecule has 1 heteroatoms. The van der Waals surface area contributed by atoms with Gasteiger partial charge in [-0.15, -0.1) is 0 Å². The second-order valence-corrected chi connectivity index (χ2v) is 9.01. The second-order valence-electron chi connectivity index (χ2n) is 9.01. The van der Waals surface area contributed by atoms with Gasteiger partial charge in [-0.2, -0.15) is 0 Å². The molecular weight excluding hydrogens is 470 g/mol. The van der Waals surface area contributed by atoms with E-state index in [1.165, 1.54) is 4.90 Å². The Morgan fingerprint density at radius 2 is 1.13 bits per heavy atom. The van der Waals surface area contributed by atoms with Crippen LogP contribution in [0, 0.1) is 0 Å². The lowest BCUT2D eigenvalue weighted by molar-refractivity contribution is 1.30. The Kier molecular flexibility index (Phi) is 3.61. The summed E-state index contributed by atoms with van der Waals surface area (Å²) < 4.78 is 97.4. The van der Waals surface area contributed by atoms with Crippen LogP contribution in [0.1, 0.15) is 15.1 Å². The van der Waals surface area contributed by atoms with Crippen LogP contribution < -0.4 is 4.90 Å². The molecule has 0 amide bonds. The lowest BCUT2D eigenvalue weighted by atomic mass is 10.00. The van der Waals surface area contributed by atoms with Crippen LogP contribution in [-0.4, -0.2) is 0 Å². The molecule has 0 spiro atoms. The van der Waals surface area contributed by atoms with Gasteiger partial charge in [0, 0.05) is 16.8 Å². The molecule has 7 aromatic carbocycles. The van der Waals surface area contributed by atoms with E-state index in [-0.39, 0.29) is 45.5 Å². The van der Waals surface area contributed by atoms with Crippen LogP contribution in [0.15, 0.2) is 164 Å². The Bertz CT molecular complexity index is 2490. The predicted octanol–water partition coefficient (Wildman–Crippen LogP) is 10.8. The molecule has 7 aromatic rings. The monoisotopic (exact) mass is 508 g/mol. The SMILES string of the molecule is [2H]c1c([2H])c(-c2ccc3ccccc3c2)c([2H])c(N(c2ccc(-c3ccccc3)cc2)c2c([2H])c([2H])c([2H])c3c([2H])c([2H])c([2H])c([2H])c23)c1[2H]. The van der Waals surface area contributed by atoms with Crippen molar-refractivity contribution >= 4 is 38.6 Å². The predicted molar refractivity (Wildman–Crippen MR) is 167 cm³/mol. The van der Waals surface area contributed by atoms with Gasteiger partial charge in [0.2, 0.25) is 0 Å². The summed E-state index contributed by atoms with van der Waals surface area (Å²) in [5.74, 6) is 0. The standard InChI is InChI=1S/C38H27N/c1-2-10-28(11-3-1)30-22-24-35(25-23-30)39(38-19-9-15-31-13-6-7-18-37(31)38)36-17-8-16-33(27-36)34-21-20-29-12-4-5-14-32(29)26-34/h1-27H/i6D,7D,8D,9D,13D,15D,16D,17D,18D,19D,27D. The van der Waals surface area contributed by atoms with Gasteiger partial charge in [0.05, 0.1) is 20.8 Å². The molecule has 0 saturated heterocycles. The molecular formula is C38H27N. The maximum absolute atomic E-state index is 9.56. The zero-order valence-electron chi connectivity index (χ0n) is 31.7. The molecule has 0 unspecified atom stereocenters. The third-order valence-corrected chi connectivity index (χ3v) is 6.62. The Labute approximate surface area is 244 Å². The molecule has 0 heterocycles. The molecule has 0 aliphatic carbocycles. The van der Waals surface area contributed by atoms with Crippen LogP contribution in [0.4, 0.5) is 17.1 Å². The van der Waals surface area contributed by atoms with Crippen LogP contribution in [0.25, 0.3) is 43.8 Å². The summed E-state index contributed by atoms with van der Waals surface area (Å²) in [4.78, 5) is 1.30. The van der Waals surface area contributed by atoms with Crippen molar-refractivity contribution in [1.29, 1.82) is 0 Å². The van der Waals surface area contributed by atoms with Gasteiger partial charge >= 0.3 is 0 Å². The number of hydrogen-bond donors (Lipinski definition) is 0. The fourth-order valence-electron chi connectivity index (χ4n) is 4.71. The zero-order valence-corrected chi connectivity index (χ0v) is 20.7. The van der Waals surface area contributed by atoms with Gasteiger partial charge in [-0.25, -0.2) is 0 Å². The van der Waals surface area contributed by atoms with Crippen LogP contribution >= 0.6 is 0 Å². The first kappa shape index (κ1) is 14.1. The largest absolute Gasteiger partial charge is 0.310 e. The van der Waals surface area contributed by atoms with Gasteiger partial charge in [-0.05, 0) is 74.7 Å². The summed E-state index contributed by atoms with van der Waals surface area (Å²) in [6.45, 7) is 0. The molecule has 1 nitrogen and oxygen atoms in total. The van der Waals surface area contributed by atoms with E-state index >= 15 is 0 Å². The first-order valence-electron chi connectivity index (χ1n) is 18.0. The van der Waals surface area contributed by atoms with E-state index in [9.17, 15) is 1.37 Å². The van der Waals surface area contributed by atoms with Gasteiger partial charge in [-0.1, -0.05) is 127 Å². The van der Waals surface area contributed by atoms with Gasteiger partial charge in [0.1, 0.15) is 0 Å². The van der Waals surface area contributed by atoms with Crippen molar-refractivity contribution in [3.63, 3.8) is 0 Å². The van der Waals surface area contributed by atoms with Crippen molar-refractivity contribution in [2.75, 3.05) is 4.90 Å². The average molecular weight is 509 g/mol. The normalized spacial score (nSPS) is 15.0. The Balaban J connectivity index is 1.61. The maximum atomic E-state index is 9.56. The van der Waals surface area contributed by atoms with Gasteiger partial charge in [0.25, 0.3) is 0 Å². The average Bonchev–Trinajstić information content (AvgIpc) is 3.13. The summed E-state index contributed by atoms with van der Waals surface area (Å²) in [7, 11) is 0. The fourth-order valence-corrected chi connectivity index (χ4v) is 4.71. The van der Waals surface area contributed by atoms with E-state index in [4.69, 9.17) is 13.7 Å². The van der Waals surface area contributed by atoms with E-state index in [2.05, 4.69) is 0 Å². The minimum atomic E-state index is -0.614. The van der Waals surface area contributed by atoms with Crippen molar-refractivity contribution in [3.8, 4) is 22.3 Å². The number of nitrogens with zero attached hydrogens (tertiary/aromatic N) is 1. The second kappa shape index (κ2) is 9.96. The van der Waals surface area contributed by atoms with E-state index < -0.39 is 54.4 Å². The van der Waals surface area contributed by atoms with E-state index in [1.807, 2.05) is 60.7 Å². The molecule has 0 saturated carbocycles. The number of benzene rings is 7. The van der Waals surface area contributed by atoms with E-state index in [1.54, 1.807) is 36.4 Å². The third kappa shape index (κ3) is 4.45. The molecule has 0 N–H and O–H groups in total. The quantitative estimate of drug-likeness (QED) is 0.223. The van der Waals surface area contributed by atoms with Crippen molar-refractivity contribution in [1.82, 2.24) is 0 Å². The topological polar surface area (TPSA) is 3.24 Å². The first-order valence-corrected chi connectivity index (χ1v) is 12.5. The molecule has 7 rings (SSSR count). The highest BCUT2D eigenvalue weighted by molar-refractivity contribution is 5.99. The zero-order chi connectivity index (χ0) is 35.6. The first-order chi connectivity index (χ1) is 23.9. The minimum absolute atomic E-state index is 0.0543. The fraction of sp³-hybridized carbons (Fsp3) is 0. The molecule has 0 atom stereocenters. The number of hydrogen-bond acceptors (Lipinski definition) is 1. The molecule has 0 fully saturated rings. The van der Waals surface area contributed by atoms with Gasteiger partial charge < -0.3 is 4.90 Å². The summed E-state index contributed by atoms with van der Waals surface area (Å²) in [6, 6.07) is 23.6. The Morgan fingerprint density at radius 3 is 2.00 bits per heavy atom. The molecule has 39 heavy (non-hydrogen) atoms. The summed E-state index contributed by atoms with van der Waals surface area (Å²) >= 11 is 0. The maximum Gasteiger partial charge on any atom is 0.0651 e. The van der Waals surface area contributed by atoms with Gasteiger partial charge in [0.15, 0.2) is 0 Å². The highest BCUT2D eigenvalue weighted by atomic mass is 15.1. The smallest absolute Gasteiger partial charge is 0.0651 e. The van der Waals surface area contributed by atoms with Crippen molar-refractivity contribution in [2.24, 2.45) is 0 Å². The number of rotatable bonds is 5. The summed E-state index contributed by atoms with van der Waals surface area (Å²) in [5, 5.41) is 1.24. The summed E-state index contributed by atoms with van der Waals surface area (Å²) in [5.41, 5.74) is 2.04. The van der Waals surface area contributed by atoms with Crippen molar-refractivity contribution in [3.05, 3.63) is 164 Å². The van der Waals surface area contributed by atoms with Crippen LogP contribution in [-0.2, 0) is 0 Å². The molecule has 0 aliphatic rings. The van der Waals surface area contributed by atoms with Crippen LogP contribution in [0.2, 0.25) is 0 Å². The third-order valence-electron chi connectivity index (χ3n) is 6.62. The van der Waals surface area contributed by atoms with E-state index in [0.29, 0.717) is 5.56 Å². The molecule has 0 bridgehead atoms. The molecule has 0 radical (unpaired) electrons. The highest BCUT2D eigenvalue weighted by Gasteiger charge is 2.16. The van der Waals surface area contributed by atoms with E-state index in [0.717, 1.165) is 21.9 Å². The van der Waals surface area contributed by atoms with Crippen molar-refractivity contribution < 1.29 is 15.1 Å². The van der Waals surface area contributed by atoms with Gasteiger partial charge in [-0.3, -0.25) is 0 Å². The highest BCUT2D eigenvalue weighted by Crippen LogP contribution is 2.40. The Morgan fingerprint density at radius 1 is 0.436 bits per heavy atom. The molecule has 0 aliphatic heterocycles. The molecule has 0 aromatic heterocycles. The van der Waals surface area contributed by atoms with Crippen molar-refractivity contribution in [2.45, 2.75) is 0 Å². The Hall–Kier alpha value is -5.14. The molecule has 184 valence electrons. The number of anilines is 3. The lowest BCUT2D eigenvalue weighted by Gasteiger charge is -2.27. The minimum Gasteiger partial charge on any atom is -0.310 e. The lowest BCUT2D eigenvalue weighted by Crippen LogP contribution is -2.10.